The van der Waals surface area contributed by atoms with E-state index in [1.165, 1.54) is 0 Å². The second-order valence-corrected chi connectivity index (χ2v) is 4.13. The van der Waals surface area contributed by atoms with Gasteiger partial charge in [-0.1, -0.05) is 13.8 Å². The highest BCUT2D eigenvalue weighted by Crippen LogP contribution is 1.98. The van der Waals surface area contributed by atoms with E-state index in [0.717, 1.165) is 19.7 Å². The second-order valence-electron chi connectivity index (χ2n) is 4.13. The van der Waals surface area contributed by atoms with Crippen LogP contribution in [0.1, 0.15) is 20.3 Å². The highest BCUT2D eigenvalue weighted by Gasteiger charge is 2.16. The maximum Gasteiger partial charge on any atom is 0.221 e. The Labute approximate surface area is 97.5 Å². The summed E-state index contributed by atoms with van der Waals surface area (Å²) in [4.78, 5) is 11.4. The van der Waals surface area contributed by atoms with Crippen molar-refractivity contribution in [3.05, 3.63) is 0 Å². The molecule has 0 saturated carbocycles. The Kier molecular flexibility index (Phi) is 7.74. The predicted molar refractivity (Wildman–Crippen MR) is 62.3 cm³/mol. The minimum Gasteiger partial charge on any atom is -0.378 e. The van der Waals surface area contributed by atoms with Crippen LogP contribution < -0.4 is 10.6 Å². The van der Waals surface area contributed by atoms with Gasteiger partial charge in [-0.3, -0.25) is 4.79 Å². The van der Waals surface area contributed by atoms with Gasteiger partial charge in [0.1, 0.15) is 0 Å². The number of amides is 1. The van der Waals surface area contributed by atoms with Crippen LogP contribution in [0.3, 0.4) is 0 Å². The Morgan fingerprint density at radius 1 is 1.60 bits per heavy atom. The van der Waals surface area contributed by atoms with Gasteiger partial charge in [-0.2, -0.15) is 0 Å². The van der Waals surface area contributed by atoms with Crippen LogP contribution in [0.15, 0.2) is 0 Å². The first kappa shape index (κ1) is 14.7. The number of nitrogens with one attached hydrogen (secondary N) is 2. The SMILES string of the molecule is CC(C)CNC(=O)CC1COCCN1.Cl. The summed E-state index contributed by atoms with van der Waals surface area (Å²) in [5, 5.41) is 6.15. The quantitative estimate of drug-likeness (QED) is 0.750. The highest BCUT2D eigenvalue weighted by atomic mass is 35.5. The molecule has 1 aliphatic rings. The van der Waals surface area contributed by atoms with Crippen LogP contribution >= 0.6 is 12.4 Å². The molecule has 1 fully saturated rings. The summed E-state index contributed by atoms with van der Waals surface area (Å²) in [6, 6.07) is 0.191. The first-order chi connectivity index (χ1) is 6.68. The van der Waals surface area contributed by atoms with E-state index in [-0.39, 0.29) is 24.4 Å². The van der Waals surface area contributed by atoms with E-state index >= 15 is 0 Å². The number of morpholine rings is 1. The number of rotatable bonds is 4. The van der Waals surface area contributed by atoms with Crippen molar-refractivity contribution < 1.29 is 9.53 Å². The molecule has 1 atom stereocenters. The van der Waals surface area contributed by atoms with Crippen molar-refractivity contribution in [2.45, 2.75) is 26.3 Å². The van der Waals surface area contributed by atoms with Gasteiger partial charge in [0, 0.05) is 25.6 Å². The van der Waals surface area contributed by atoms with E-state index in [0.29, 0.717) is 18.9 Å². The zero-order chi connectivity index (χ0) is 10.4. The van der Waals surface area contributed by atoms with E-state index < -0.39 is 0 Å². The Morgan fingerprint density at radius 2 is 2.33 bits per heavy atom. The summed E-state index contributed by atoms with van der Waals surface area (Å²) in [7, 11) is 0. The molecular weight excluding hydrogens is 216 g/mol. The van der Waals surface area contributed by atoms with Gasteiger partial charge in [0.15, 0.2) is 0 Å². The van der Waals surface area contributed by atoms with E-state index in [2.05, 4.69) is 24.5 Å². The molecule has 0 bridgehead atoms. The molecule has 0 spiro atoms. The molecule has 15 heavy (non-hydrogen) atoms. The summed E-state index contributed by atoms with van der Waals surface area (Å²) in [5.41, 5.74) is 0. The smallest absolute Gasteiger partial charge is 0.221 e. The van der Waals surface area contributed by atoms with Gasteiger partial charge in [0.05, 0.1) is 13.2 Å². The fraction of sp³-hybridized carbons (Fsp3) is 0.900. The van der Waals surface area contributed by atoms with Crippen LogP contribution in [0.2, 0.25) is 0 Å². The van der Waals surface area contributed by atoms with Crippen LogP contribution in [-0.4, -0.2) is 38.3 Å². The topological polar surface area (TPSA) is 50.4 Å². The van der Waals surface area contributed by atoms with Crippen LogP contribution in [0.25, 0.3) is 0 Å². The van der Waals surface area contributed by atoms with Crippen LogP contribution in [0.5, 0.6) is 0 Å². The number of carbonyl (C=O) groups excluding carboxylic acids is 1. The van der Waals surface area contributed by atoms with E-state index in [9.17, 15) is 4.79 Å². The molecule has 4 nitrogen and oxygen atoms in total. The van der Waals surface area contributed by atoms with Crippen molar-refractivity contribution in [2.75, 3.05) is 26.3 Å². The van der Waals surface area contributed by atoms with Crippen molar-refractivity contribution in [3.63, 3.8) is 0 Å². The lowest BCUT2D eigenvalue weighted by atomic mass is 10.1. The molecule has 5 heteroatoms. The summed E-state index contributed by atoms with van der Waals surface area (Å²) < 4.78 is 5.27. The van der Waals surface area contributed by atoms with Crippen molar-refractivity contribution in [1.29, 1.82) is 0 Å². The highest BCUT2D eigenvalue weighted by molar-refractivity contribution is 5.85. The largest absolute Gasteiger partial charge is 0.378 e. The third-order valence-electron chi connectivity index (χ3n) is 2.14. The molecule has 0 aromatic carbocycles. The Hall–Kier alpha value is -0.320. The van der Waals surface area contributed by atoms with Crippen LogP contribution in [-0.2, 0) is 9.53 Å². The Morgan fingerprint density at radius 3 is 2.87 bits per heavy atom. The lowest BCUT2D eigenvalue weighted by molar-refractivity contribution is -0.122. The summed E-state index contributed by atoms with van der Waals surface area (Å²) in [5.74, 6) is 0.621. The summed E-state index contributed by atoms with van der Waals surface area (Å²) >= 11 is 0. The number of carbonyl (C=O) groups is 1. The molecule has 90 valence electrons. The lowest BCUT2D eigenvalue weighted by Gasteiger charge is -2.23. The van der Waals surface area contributed by atoms with Crippen LogP contribution in [0, 0.1) is 5.92 Å². The molecule has 0 aliphatic carbocycles. The molecule has 0 radical (unpaired) electrons. The second kappa shape index (κ2) is 7.91. The van der Waals surface area contributed by atoms with Gasteiger partial charge < -0.3 is 15.4 Å². The molecule has 1 rings (SSSR count). The minimum atomic E-state index is 0. The van der Waals surface area contributed by atoms with E-state index in [4.69, 9.17) is 4.74 Å². The van der Waals surface area contributed by atoms with Crippen LogP contribution in [0.4, 0.5) is 0 Å². The van der Waals surface area contributed by atoms with Gasteiger partial charge >= 0.3 is 0 Å². The average molecular weight is 237 g/mol. The maximum absolute atomic E-state index is 11.4. The number of halogens is 1. The Balaban J connectivity index is 0.00000196. The first-order valence-electron chi connectivity index (χ1n) is 5.26. The molecule has 0 aromatic heterocycles. The summed E-state index contributed by atoms with van der Waals surface area (Å²) in [6.45, 7) is 7.18. The predicted octanol–water partition coefficient (Wildman–Crippen LogP) is 0.559. The zero-order valence-electron chi connectivity index (χ0n) is 9.41. The fourth-order valence-electron chi connectivity index (χ4n) is 1.36. The molecule has 1 aliphatic heterocycles. The molecule has 2 N–H and O–H groups in total. The van der Waals surface area contributed by atoms with Crippen molar-refractivity contribution in [3.8, 4) is 0 Å². The molecule has 0 aromatic rings. The number of hydrogen-bond acceptors (Lipinski definition) is 3. The maximum atomic E-state index is 11.4. The zero-order valence-corrected chi connectivity index (χ0v) is 10.2. The normalized spacial score (nSPS) is 20.9. The molecule has 1 heterocycles. The fourth-order valence-corrected chi connectivity index (χ4v) is 1.36. The number of hydrogen-bond donors (Lipinski definition) is 2. The first-order valence-corrected chi connectivity index (χ1v) is 5.26. The van der Waals surface area contributed by atoms with Gasteiger partial charge in [0.2, 0.25) is 5.91 Å². The third kappa shape index (κ3) is 6.71. The monoisotopic (exact) mass is 236 g/mol. The van der Waals surface area contributed by atoms with Crippen molar-refractivity contribution >= 4 is 18.3 Å². The molecule has 1 saturated heterocycles. The van der Waals surface area contributed by atoms with E-state index in [1.807, 2.05) is 0 Å². The van der Waals surface area contributed by atoms with Gasteiger partial charge in [0.25, 0.3) is 0 Å². The average Bonchev–Trinajstić information content (AvgIpc) is 2.16. The minimum absolute atomic E-state index is 0. The molecule has 1 amide bonds. The van der Waals surface area contributed by atoms with Gasteiger partial charge in [-0.15, -0.1) is 12.4 Å². The molecule has 1 unspecified atom stereocenters. The van der Waals surface area contributed by atoms with Gasteiger partial charge in [-0.05, 0) is 5.92 Å². The van der Waals surface area contributed by atoms with Crippen molar-refractivity contribution in [1.82, 2.24) is 10.6 Å². The number of ether oxygens (including phenoxy) is 1. The lowest BCUT2D eigenvalue weighted by Crippen LogP contribution is -2.44. The van der Waals surface area contributed by atoms with Gasteiger partial charge in [-0.25, -0.2) is 0 Å². The third-order valence-corrected chi connectivity index (χ3v) is 2.14. The Bertz CT molecular complexity index is 182. The standard InChI is InChI=1S/C10H20N2O2.ClH/c1-8(2)6-12-10(13)5-9-7-14-4-3-11-9;/h8-9,11H,3-7H2,1-2H3,(H,12,13);1H. The van der Waals surface area contributed by atoms with Crippen molar-refractivity contribution in [2.24, 2.45) is 5.92 Å². The summed E-state index contributed by atoms with van der Waals surface area (Å²) in [6.07, 6.45) is 0.521. The van der Waals surface area contributed by atoms with E-state index in [1.54, 1.807) is 0 Å². The molecular formula is C10H21ClN2O2.